The fourth-order valence-corrected chi connectivity index (χ4v) is 8.43. The fraction of sp³-hybridized carbons (Fsp3) is 0.481. The summed E-state index contributed by atoms with van der Waals surface area (Å²) in [7, 11) is -3.88. The van der Waals surface area contributed by atoms with E-state index in [-0.39, 0.29) is 61.0 Å². The van der Waals surface area contributed by atoms with Crippen molar-refractivity contribution in [2.75, 3.05) is 0 Å². The van der Waals surface area contributed by atoms with Gasteiger partial charge in [-0.05, 0) is 68.4 Å². The molecule has 2 aliphatic carbocycles. The number of nitrogens with zero attached hydrogens (tertiary/aromatic N) is 3. The van der Waals surface area contributed by atoms with Crippen LogP contribution in [0.15, 0.2) is 52.9 Å². The van der Waals surface area contributed by atoms with Crippen molar-refractivity contribution in [1.82, 2.24) is 14.2 Å². The molecule has 3 atom stereocenters. The Morgan fingerprint density at radius 2 is 1.86 bits per heavy atom. The van der Waals surface area contributed by atoms with E-state index in [9.17, 15) is 22.0 Å². The molecule has 10 heteroatoms. The lowest BCUT2D eigenvalue weighted by atomic mass is 9.90. The summed E-state index contributed by atoms with van der Waals surface area (Å²) in [6.07, 6.45) is 1.08. The molecule has 0 N–H and O–H groups in total. The van der Waals surface area contributed by atoms with Crippen LogP contribution in [-0.2, 0) is 21.4 Å². The SMILES string of the molecule is Cc1ccc(S(=O)(=O)N2[C@@H]3C[C@@H]3C[C@H]2C(=O)N(Cc2ccc3scnc3c2)C2CCC(F)(F)CC2)cc1. The molecule has 3 aromatic rings. The molecule has 6 rings (SSSR count). The highest BCUT2D eigenvalue weighted by Crippen LogP contribution is 2.51. The summed E-state index contributed by atoms with van der Waals surface area (Å²) in [5.74, 6) is -2.84. The Bertz CT molecular complexity index is 1430. The van der Waals surface area contributed by atoms with E-state index in [1.165, 1.54) is 15.6 Å². The number of aromatic nitrogens is 1. The van der Waals surface area contributed by atoms with Gasteiger partial charge >= 0.3 is 0 Å². The maximum Gasteiger partial charge on any atom is 0.248 e. The summed E-state index contributed by atoms with van der Waals surface area (Å²) in [5.41, 5.74) is 4.41. The molecule has 2 heterocycles. The zero-order valence-corrected chi connectivity index (χ0v) is 22.1. The summed E-state index contributed by atoms with van der Waals surface area (Å²) in [5, 5.41) is 0. The number of benzene rings is 2. The molecule has 196 valence electrons. The maximum atomic E-state index is 14.2. The number of alkyl halides is 2. The first-order chi connectivity index (χ1) is 17.6. The van der Waals surface area contributed by atoms with E-state index in [0.29, 0.717) is 6.42 Å². The van der Waals surface area contributed by atoms with Crippen LogP contribution in [0.25, 0.3) is 10.2 Å². The van der Waals surface area contributed by atoms with Gasteiger partial charge in [-0.15, -0.1) is 11.3 Å². The molecular formula is C27H29F2N3O3S2. The Morgan fingerprint density at radius 1 is 1.14 bits per heavy atom. The number of rotatable bonds is 6. The molecule has 37 heavy (non-hydrogen) atoms. The van der Waals surface area contributed by atoms with Crippen molar-refractivity contribution in [3.8, 4) is 0 Å². The third-order valence-corrected chi connectivity index (χ3v) is 10.8. The number of halogens is 2. The average molecular weight is 546 g/mol. The van der Waals surface area contributed by atoms with Gasteiger partial charge in [0.2, 0.25) is 21.9 Å². The summed E-state index contributed by atoms with van der Waals surface area (Å²) in [6, 6.07) is 11.2. The third kappa shape index (κ3) is 4.68. The van der Waals surface area contributed by atoms with Gasteiger partial charge in [0, 0.05) is 31.5 Å². The summed E-state index contributed by atoms with van der Waals surface area (Å²) >= 11 is 1.53. The van der Waals surface area contributed by atoms with Crippen LogP contribution in [0.1, 0.15) is 49.7 Å². The molecule has 1 amide bonds. The molecule has 3 aliphatic rings. The average Bonchev–Trinajstić information content (AvgIpc) is 3.28. The number of sulfonamides is 1. The number of carbonyl (C=O) groups is 1. The second-order valence-electron chi connectivity index (χ2n) is 10.7. The summed E-state index contributed by atoms with van der Waals surface area (Å²) in [4.78, 5) is 20.4. The van der Waals surface area contributed by atoms with E-state index < -0.39 is 22.0 Å². The summed E-state index contributed by atoms with van der Waals surface area (Å²) < 4.78 is 57.9. The highest BCUT2D eigenvalue weighted by Gasteiger charge is 2.59. The molecule has 3 fully saturated rings. The summed E-state index contributed by atoms with van der Waals surface area (Å²) in [6.45, 7) is 2.14. The van der Waals surface area contributed by atoms with Crippen molar-refractivity contribution in [3.05, 3.63) is 59.1 Å². The second-order valence-corrected chi connectivity index (χ2v) is 13.4. The van der Waals surface area contributed by atoms with E-state index in [1.54, 1.807) is 34.7 Å². The molecule has 1 aliphatic heterocycles. The van der Waals surface area contributed by atoms with Gasteiger partial charge < -0.3 is 4.90 Å². The van der Waals surface area contributed by atoms with E-state index >= 15 is 0 Å². The smallest absolute Gasteiger partial charge is 0.248 e. The van der Waals surface area contributed by atoms with Crippen molar-refractivity contribution < 1.29 is 22.0 Å². The number of piperidine rings is 1. The van der Waals surface area contributed by atoms with Crippen LogP contribution < -0.4 is 0 Å². The highest BCUT2D eigenvalue weighted by atomic mass is 32.2. The largest absolute Gasteiger partial charge is 0.334 e. The zero-order chi connectivity index (χ0) is 25.9. The quantitative estimate of drug-likeness (QED) is 0.418. The van der Waals surface area contributed by atoms with E-state index in [1.807, 2.05) is 25.1 Å². The van der Waals surface area contributed by atoms with Crippen molar-refractivity contribution in [3.63, 3.8) is 0 Å². The highest BCUT2D eigenvalue weighted by molar-refractivity contribution is 7.89. The van der Waals surface area contributed by atoms with E-state index in [4.69, 9.17) is 0 Å². The fourth-order valence-electron chi connectivity index (χ4n) is 5.92. The molecular weight excluding hydrogens is 516 g/mol. The van der Waals surface area contributed by atoms with Crippen LogP contribution >= 0.6 is 11.3 Å². The monoisotopic (exact) mass is 545 g/mol. The number of amides is 1. The number of thiazole rings is 1. The molecule has 0 unspecified atom stereocenters. The van der Waals surface area contributed by atoms with Crippen molar-refractivity contribution in [1.29, 1.82) is 0 Å². The van der Waals surface area contributed by atoms with Crippen LogP contribution in [0, 0.1) is 12.8 Å². The molecule has 0 bridgehead atoms. The Kier molecular flexibility index (Phi) is 6.12. The van der Waals surface area contributed by atoms with Gasteiger partial charge in [0.05, 0.1) is 20.6 Å². The predicted octanol–water partition coefficient (Wildman–Crippen LogP) is 5.36. The Morgan fingerprint density at radius 3 is 2.59 bits per heavy atom. The molecule has 2 aromatic carbocycles. The van der Waals surface area contributed by atoms with E-state index in [2.05, 4.69) is 4.98 Å². The molecule has 1 aromatic heterocycles. The van der Waals surface area contributed by atoms with Crippen molar-refractivity contribution in [2.24, 2.45) is 5.92 Å². The Hall–Kier alpha value is -2.43. The van der Waals surface area contributed by atoms with Crippen LogP contribution in [0.4, 0.5) is 8.78 Å². The predicted molar refractivity (Wildman–Crippen MR) is 138 cm³/mol. The van der Waals surface area contributed by atoms with Gasteiger partial charge in [-0.3, -0.25) is 4.79 Å². The first kappa shape index (κ1) is 24.9. The number of aryl methyl sites for hydroxylation is 1. The van der Waals surface area contributed by atoms with Crippen LogP contribution in [0.2, 0.25) is 0 Å². The Balaban J connectivity index is 1.32. The first-order valence-electron chi connectivity index (χ1n) is 12.7. The lowest BCUT2D eigenvalue weighted by molar-refractivity contribution is -0.141. The van der Waals surface area contributed by atoms with E-state index in [0.717, 1.165) is 27.8 Å². The minimum Gasteiger partial charge on any atom is -0.334 e. The maximum absolute atomic E-state index is 14.2. The van der Waals surface area contributed by atoms with Gasteiger partial charge in [0.25, 0.3) is 0 Å². The molecule has 6 nitrogen and oxygen atoms in total. The van der Waals surface area contributed by atoms with Crippen LogP contribution in [-0.4, -0.2) is 52.6 Å². The normalized spacial score (nSPS) is 25.8. The van der Waals surface area contributed by atoms with Crippen molar-refractivity contribution >= 4 is 37.5 Å². The van der Waals surface area contributed by atoms with Crippen molar-refractivity contribution in [2.45, 2.75) is 80.9 Å². The number of fused-ring (bicyclic) bond motifs is 2. The molecule has 0 radical (unpaired) electrons. The topological polar surface area (TPSA) is 70.6 Å². The van der Waals surface area contributed by atoms with Crippen LogP contribution in [0.5, 0.6) is 0 Å². The van der Waals surface area contributed by atoms with Gasteiger partial charge in [-0.25, -0.2) is 22.2 Å². The van der Waals surface area contributed by atoms with Gasteiger partial charge in [0.15, 0.2) is 0 Å². The van der Waals surface area contributed by atoms with Gasteiger partial charge in [-0.2, -0.15) is 4.31 Å². The lowest BCUT2D eigenvalue weighted by Crippen LogP contribution is -2.53. The van der Waals surface area contributed by atoms with Crippen LogP contribution in [0.3, 0.4) is 0 Å². The molecule has 1 saturated heterocycles. The molecule has 0 spiro atoms. The second kappa shape index (κ2) is 9.10. The lowest BCUT2D eigenvalue weighted by Gasteiger charge is -2.39. The number of hydrogen-bond donors (Lipinski definition) is 0. The first-order valence-corrected chi connectivity index (χ1v) is 15.0. The minimum absolute atomic E-state index is 0.165. The van der Waals surface area contributed by atoms with Gasteiger partial charge in [0.1, 0.15) is 6.04 Å². The minimum atomic E-state index is -3.88. The Labute approximate surface area is 219 Å². The number of carbonyl (C=O) groups excluding carboxylic acids is 1. The standard InChI is InChI=1S/C27H29F2N3O3S2/c1-17-2-5-21(6-3-17)37(34,35)32-23-13-19(23)14-24(32)26(33)31(20-8-10-27(28,29)11-9-20)15-18-4-7-25-22(12-18)30-16-36-25/h2-7,12,16,19-20,23-24H,8-11,13-15H2,1H3/t19-,23-,24+/m1/s1. The zero-order valence-electron chi connectivity index (χ0n) is 20.5. The molecule has 2 saturated carbocycles. The third-order valence-electron chi connectivity index (χ3n) is 8.08. The van der Waals surface area contributed by atoms with Gasteiger partial charge in [-0.1, -0.05) is 23.8 Å². The number of hydrogen-bond acceptors (Lipinski definition) is 5.